The van der Waals surface area contributed by atoms with Gasteiger partial charge in [0.1, 0.15) is 0 Å². The molecule has 0 saturated carbocycles. The Labute approximate surface area is 115 Å². The summed E-state index contributed by atoms with van der Waals surface area (Å²) in [5.74, 6) is 0. The second-order valence-corrected chi connectivity index (χ2v) is 8.61. The third-order valence-corrected chi connectivity index (χ3v) is 4.57. The Hall–Kier alpha value is -0.123. The van der Waals surface area contributed by atoms with E-state index in [4.69, 9.17) is 4.43 Å². The summed E-state index contributed by atoms with van der Waals surface area (Å²) in [7, 11) is -0.630. The fourth-order valence-corrected chi connectivity index (χ4v) is 2.39. The van der Waals surface area contributed by atoms with Crippen LogP contribution >= 0.6 is 15.9 Å². The lowest BCUT2D eigenvalue weighted by Gasteiger charge is -2.22. The van der Waals surface area contributed by atoms with E-state index in [1.807, 2.05) is 0 Å². The summed E-state index contributed by atoms with van der Waals surface area (Å²) in [6.07, 6.45) is 0. The zero-order valence-electron chi connectivity index (χ0n) is 11.6. The van der Waals surface area contributed by atoms with Crippen LogP contribution in [0.5, 0.6) is 0 Å². The first-order valence-corrected chi connectivity index (χ1v) is 9.14. The lowest BCUT2D eigenvalue weighted by molar-refractivity contribution is 0.313. The van der Waals surface area contributed by atoms with Gasteiger partial charge in [-0.25, -0.2) is 0 Å². The van der Waals surface area contributed by atoms with Crippen LogP contribution in [0.4, 0.5) is 0 Å². The maximum absolute atomic E-state index is 5.80. The van der Waals surface area contributed by atoms with Crippen molar-refractivity contribution in [1.82, 2.24) is 0 Å². The summed E-state index contributed by atoms with van der Waals surface area (Å²) in [5, 5.41) is 0. The number of aryl methyl sites for hydroxylation is 1. The minimum atomic E-state index is -0.630. The molecule has 3 heteroatoms. The van der Waals surface area contributed by atoms with Gasteiger partial charge in [0.05, 0.1) is 6.61 Å². The molecule has 1 nitrogen and oxygen atoms in total. The second kappa shape index (κ2) is 5.68. The second-order valence-electron chi connectivity index (χ2n) is 5.71. The van der Waals surface area contributed by atoms with Gasteiger partial charge in [-0.3, -0.25) is 0 Å². The maximum atomic E-state index is 5.80. The van der Waals surface area contributed by atoms with Gasteiger partial charge in [-0.05, 0) is 42.1 Å². The van der Waals surface area contributed by atoms with Gasteiger partial charge < -0.3 is 4.43 Å². The van der Waals surface area contributed by atoms with Crippen molar-refractivity contribution in [3.05, 3.63) is 33.3 Å². The molecule has 1 rings (SSSR count). The first-order chi connectivity index (χ1) is 7.71. The van der Waals surface area contributed by atoms with Gasteiger partial charge in [0, 0.05) is 4.47 Å². The molecule has 1 radical (unpaired) electrons. The summed E-state index contributed by atoms with van der Waals surface area (Å²) in [4.78, 5) is 0. The molecule has 0 N–H and O–H groups in total. The third kappa shape index (κ3) is 4.23. The average molecular weight is 314 g/mol. The Kier molecular flexibility index (Phi) is 4.99. The van der Waals surface area contributed by atoms with E-state index in [0.717, 1.165) is 0 Å². The lowest BCUT2D eigenvalue weighted by atomic mass is 9.85. The number of hydrogen-bond donors (Lipinski definition) is 0. The Morgan fingerprint density at radius 1 is 1.24 bits per heavy atom. The number of halogens is 1. The number of hydrogen-bond acceptors (Lipinski definition) is 1. The van der Waals surface area contributed by atoms with Gasteiger partial charge in [-0.2, -0.15) is 0 Å². The van der Waals surface area contributed by atoms with Crippen molar-refractivity contribution < 1.29 is 4.43 Å². The van der Waals surface area contributed by atoms with Crippen LogP contribution in [0.15, 0.2) is 16.6 Å². The monoisotopic (exact) mass is 313 g/mol. The van der Waals surface area contributed by atoms with Crippen LogP contribution in [0.1, 0.15) is 37.5 Å². The predicted octanol–water partition coefficient (Wildman–Crippen LogP) is 4.82. The summed E-state index contributed by atoms with van der Waals surface area (Å²) in [5.41, 5.74) is 4.11. The highest BCUT2D eigenvalue weighted by Crippen LogP contribution is 2.30. The van der Waals surface area contributed by atoms with E-state index in [2.05, 4.69) is 68.9 Å². The fourth-order valence-electron chi connectivity index (χ4n) is 1.60. The van der Waals surface area contributed by atoms with Crippen LogP contribution < -0.4 is 0 Å². The van der Waals surface area contributed by atoms with Crippen LogP contribution in [0.3, 0.4) is 0 Å². The Balaban J connectivity index is 3.07. The first-order valence-electron chi connectivity index (χ1n) is 5.94. The molecule has 0 heterocycles. The Morgan fingerprint density at radius 2 is 1.82 bits per heavy atom. The SMILES string of the molecule is Cc1cc(C(C)(C)C)cc(CO[Si](C)C)c1Br. The van der Waals surface area contributed by atoms with Gasteiger partial charge in [0.15, 0.2) is 0 Å². The normalized spacial score (nSPS) is 12.2. The molecule has 0 atom stereocenters. The van der Waals surface area contributed by atoms with Gasteiger partial charge in [-0.15, -0.1) is 0 Å². The molecule has 0 saturated heterocycles. The van der Waals surface area contributed by atoms with E-state index >= 15 is 0 Å². The quantitative estimate of drug-likeness (QED) is 0.727. The molecule has 1 aromatic carbocycles. The van der Waals surface area contributed by atoms with Crippen molar-refractivity contribution in [3.63, 3.8) is 0 Å². The molecule has 1 aromatic rings. The van der Waals surface area contributed by atoms with Crippen LogP contribution in [0.25, 0.3) is 0 Å². The van der Waals surface area contributed by atoms with Gasteiger partial charge in [0.2, 0.25) is 9.04 Å². The van der Waals surface area contributed by atoms with E-state index in [9.17, 15) is 0 Å². The minimum Gasteiger partial charge on any atom is -0.413 e. The van der Waals surface area contributed by atoms with E-state index < -0.39 is 9.04 Å². The van der Waals surface area contributed by atoms with Crippen molar-refractivity contribution in [3.8, 4) is 0 Å². The molecule has 0 unspecified atom stereocenters. The summed E-state index contributed by atoms with van der Waals surface area (Å²) < 4.78 is 6.99. The molecule has 17 heavy (non-hydrogen) atoms. The van der Waals surface area contributed by atoms with Crippen molar-refractivity contribution >= 4 is 25.0 Å². The Morgan fingerprint density at radius 3 is 2.29 bits per heavy atom. The molecule has 0 amide bonds. The van der Waals surface area contributed by atoms with Gasteiger partial charge in [0.25, 0.3) is 0 Å². The zero-order chi connectivity index (χ0) is 13.2. The highest BCUT2D eigenvalue weighted by molar-refractivity contribution is 9.10. The highest BCUT2D eigenvalue weighted by atomic mass is 79.9. The van der Waals surface area contributed by atoms with E-state index in [0.29, 0.717) is 6.61 Å². The number of benzene rings is 1. The van der Waals surface area contributed by atoms with Gasteiger partial charge >= 0.3 is 0 Å². The van der Waals surface area contributed by atoms with Crippen molar-refractivity contribution in [2.45, 2.75) is 52.8 Å². The molecule has 0 aromatic heterocycles. The van der Waals surface area contributed by atoms with E-state index in [1.54, 1.807) is 0 Å². The minimum absolute atomic E-state index is 0.187. The molecular formula is C14H22BrOSi. The van der Waals surface area contributed by atoms with Crippen molar-refractivity contribution in [2.75, 3.05) is 0 Å². The molecule has 0 aliphatic heterocycles. The topological polar surface area (TPSA) is 9.23 Å². The Bertz CT molecular complexity index is 394. The summed E-state index contributed by atoms with van der Waals surface area (Å²) in [6.45, 7) is 13.9. The third-order valence-electron chi connectivity index (χ3n) is 2.71. The molecule has 0 spiro atoms. The van der Waals surface area contributed by atoms with Crippen LogP contribution in [-0.2, 0) is 16.4 Å². The van der Waals surface area contributed by atoms with E-state index in [-0.39, 0.29) is 5.41 Å². The molecule has 0 bridgehead atoms. The number of rotatable bonds is 3. The molecule has 0 fully saturated rings. The van der Waals surface area contributed by atoms with Crippen molar-refractivity contribution in [2.24, 2.45) is 0 Å². The fraction of sp³-hybridized carbons (Fsp3) is 0.571. The van der Waals surface area contributed by atoms with Gasteiger partial charge in [-0.1, -0.05) is 48.8 Å². The van der Waals surface area contributed by atoms with Crippen molar-refractivity contribution in [1.29, 1.82) is 0 Å². The first kappa shape index (κ1) is 14.9. The summed E-state index contributed by atoms with van der Waals surface area (Å²) >= 11 is 3.66. The zero-order valence-corrected chi connectivity index (χ0v) is 14.2. The standard InChI is InChI=1S/C14H22BrOSi/c1-10-7-12(14(2,3)4)8-11(13(10)15)9-16-17(5)6/h7-8H,9H2,1-6H3. The predicted molar refractivity (Wildman–Crippen MR) is 79.9 cm³/mol. The van der Waals surface area contributed by atoms with Crippen LogP contribution in [-0.4, -0.2) is 9.04 Å². The lowest BCUT2D eigenvalue weighted by Crippen LogP contribution is -2.13. The molecule has 0 aliphatic carbocycles. The van der Waals surface area contributed by atoms with E-state index in [1.165, 1.54) is 21.2 Å². The molecular weight excluding hydrogens is 292 g/mol. The van der Waals surface area contributed by atoms with Crippen LogP contribution in [0, 0.1) is 6.92 Å². The summed E-state index contributed by atoms with van der Waals surface area (Å²) in [6, 6.07) is 4.53. The highest BCUT2D eigenvalue weighted by Gasteiger charge is 2.17. The molecule has 95 valence electrons. The average Bonchev–Trinajstić information content (AvgIpc) is 2.18. The maximum Gasteiger partial charge on any atom is 0.205 e. The smallest absolute Gasteiger partial charge is 0.205 e. The molecule has 0 aliphatic rings. The largest absolute Gasteiger partial charge is 0.413 e. The van der Waals surface area contributed by atoms with Crippen LogP contribution in [0.2, 0.25) is 13.1 Å².